The molecule has 0 aliphatic carbocycles. The highest BCUT2D eigenvalue weighted by molar-refractivity contribution is 7.81. The number of amides is 2. The summed E-state index contributed by atoms with van der Waals surface area (Å²) in [4.78, 5) is 39.4. The summed E-state index contributed by atoms with van der Waals surface area (Å²) in [6.45, 7) is 0. The normalized spacial score (nSPS) is 21.4. The molecule has 2 aliphatic heterocycles. The number of aryl methyl sites for hydroxylation is 2. The van der Waals surface area contributed by atoms with Crippen molar-refractivity contribution in [1.29, 1.82) is 0 Å². The number of nitrogens with one attached hydrogen (secondary N) is 1. The largest absolute Gasteiger partial charge is 0.480 e. The number of aliphatic carboxylic acids is 1. The molecule has 0 spiro atoms. The fraction of sp³-hybridized carbons (Fsp3) is 0.348. The number of anilines is 1. The van der Waals surface area contributed by atoms with Crippen LogP contribution in [0.15, 0.2) is 48.5 Å². The lowest BCUT2D eigenvalue weighted by molar-refractivity contribution is -0.140. The van der Waals surface area contributed by atoms with E-state index in [2.05, 4.69) is 17.9 Å². The zero-order valence-corrected chi connectivity index (χ0v) is 17.3. The van der Waals surface area contributed by atoms with Crippen LogP contribution in [0.4, 0.5) is 5.69 Å². The predicted octanol–water partition coefficient (Wildman–Crippen LogP) is 2.39. The molecule has 6 nitrogen and oxygen atoms in total. The Balaban J connectivity index is 1.56. The Morgan fingerprint density at radius 3 is 2.40 bits per heavy atom. The lowest BCUT2D eigenvalue weighted by Crippen LogP contribution is -2.56. The van der Waals surface area contributed by atoms with E-state index in [0.717, 1.165) is 16.7 Å². The van der Waals surface area contributed by atoms with Crippen LogP contribution in [0.2, 0.25) is 0 Å². The third-order valence-corrected chi connectivity index (χ3v) is 6.27. The fourth-order valence-corrected chi connectivity index (χ4v) is 4.64. The number of rotatable bonds is 5. The molecular formula is C23H24N2O4S. The Labute approximate surface area is 180 Å². The number of carboxylic acids is 1. The van der Waals surface area contributed by atoms with Gasteiger partial charge in [-0.3, -0.25) is 14.5 Å². The van der Waals surface area contributed by atoms with Gasteiger partial charge in [0.05, 0.1) is 10.9 Å². The van der Waals surface area contributed by atoms with Gasteiger partial charge in [-0.1, -0.05) is 48.5 Å². The van der Waals surface area contributed by atoms with Crippen LogP contribution in [-0.4, -0.2) is 40.2 Å². The molecule has 2 aromatic carbocycles. The Morgan fingerprint density at radius 2 is 1.73 bits per heavy atom. The van der Waals surface area contributed by atoms with Crippen molar-refractivity contribution in [2.24, 2.45) is 0 Å². The molecule has 0 fully saturated rings. The topological polar surface area (TPSA) is 86.7 Å². The molecule has 0 radical (unpaired) electrons. The molecule has 2 aliphatic rings. The third kappa shape index (κ3) is 3.94. The van der Waals surface area contributed by atoms with Gasteiger partial charge >= 0.3 is 5.97 Å². The average molecular weight is 425 g/mol. The molecule has 4 rings (SSSR count). The van der Waals surface area contributed by atoms with Gasteiger partial charge in [-0.05, 0) is 48.8 Å². The van der Waals surface area contributed by atoms with E-state index in [1.807, 2.05) is 48.5 Å². The Bertz CT molecular complexity index is 978. The molecule has 0 bridgehead atoms. The highest BCUT2D eigenvalue weighted by Crippen LogP contribution is 2.37. The summed E-state index contributed by atoms with van der Waals surface area (Å²) in [6.07, 6.45) is 2.45. The third-order valence-electron chi connectivity index (χ3n) is 5.86. The van der Waals surface area contributed by atoms with E-state index in [4.69, 9.17) is 0 Å². The summed E-state index contributed by atoms with van der Waals surface area (Å²) >= 11 is 4.43. The molecule has 2 heterocycles. The number of hydrogen-bond acceptors (Lipinski definition) is 4. The maximum Gasteiger partial charge on any atom is 0.326 e. The average Bonchev–Trinajstić information content (AvgIpc) is 2.88. The van der Waals surface area contributed by atoms with Crippen LogP contribution in [-0.2, 0) is 33.6 Å². The van der Waals surface area contributed by atoms with E-state index in [9.17, 15) is 19.5 Å². The number of thiol groups is 1. The highest BCUT2D eigenvalue weighted by Gasteiger charge is 2.42. The van der Waals surface area contributed by atoms with Crippen molar-refractivity contribution in [2.75, 3.05) is 4.90 Å². The minimum absolute atomic E-state index is 0.324. The smallest absolute Gasteiger partial charge is 0.326 e. The van der Waals surface area contributed by atoms with Crippen LogP contribution in [0.1, 0.15) is 29.5 Å². The van der Waals surface area contributed by atoms with Gasteiger partial charge in [0.15, 0.2) is 0 Å². The molecule has 0 aromatic heterocycles. The maximum atomic E-state index is 13.4. The number of carbonyl (C=O) groups is 3. The van der Waals surface area contributed by atoms with Gasteiger partial charge in [0.2, 0.25) is 11.8 Å². The number of hydrogen-bond donors (Lipinski definition) is 3. The number of carbonyl (C=O) groups excluding carboxylic acids is 2. The number of carboxylic acid groups (broad SMARTS) is 1. The van der Waals surface area contributed by atoms with Gasteiger partial charge < -0.3 is 10.4 Å². The molecule has 2 aromatic rings. The molecule has 156 valence electrons. The summed E-state index contributed by atoms with van der Waals surface area (Å²) in [7, 11) is 0. The first-order valence-corrected chi connectivity index (χ1v) is 10.7. The van der Waals surface area contributed by atoms with Crippen molar-refractivity contribution < 1.29 is 19.5 Å². The summed E-state index contributed by atoms with van der Waals surface area (Å²) in [6, 6.07) is 13.7. The Morgan fingerprint density at radius 1 is 1.07 bits per heavy atom. The predicted molar refractivity (Wildman–Crippen MR) is 117 cm³/mol. The van der Waals surface area contributed by atoms with Gasteiger partial charge in [-0.15, -0.1) is 0 Å². The van der Waals surface area contributed by atoms with Crippen molar-refractivity contribution >= 4 is 36.1 Å². The second-order valence-corrected chi connectivity index (χ2v) is 8.45. The molecule has 30 heavy (non-hydrogen) atoms. The van der Waals surface area contributed by atoms with E-state index >= 15 is 0 Å². The minimum Gasteiger partial charge on any atom is -0.480 e. The minimum atomic E-state index is -1.02. The Hall–Kier alpha value is -2.80. The van der Waals surface area contributed by atoms with Gasteiger partial charge in [0.1, 0.15) is 12.1 Å². The Kier molecular flexibility index (Phi) is 5.81. The molecule has 3 atom stereocenters. The first-order valence-electron chi connectivity index (χ1n) is 10.1. The van der Waals surface area contributed by atoms with Crippen molar-refractivity contribution in [3.05, 3.63) is 65.2 Å². The molecule has 7 heteroatoms. The van der Waals surface area contributed by atoms with Crippen molar-refractivity contribution in [1.82, 2.24) is 5.32 Å². The van der Waals surface area contributed by atoms with Crippen LogP contribution < -0.4 is 10.2 Å². The highest BCUT2D eigenvalue weighted by atomic mass is 32.1. The molecule has 0 saturated heterocycles. The SMILES string of the molecule is O=C(N[C@H]1CCc2cccc3c2N(C1=O)[C@H](C(=O)O)CC3)[C@@H](S)Cc1ccccc1. The standard InChI is InChI=1S/C23H24N2O4S/c26-21(19(30)13-14-5-2-1-3-6-14)24-17-11-9-15-7-4-8-16-10-12-18(23(28)29)25(20(15)16)22(17)27/h1-8,17-19,30H,9-13H2,(H,24,26)(H,28,29)/t17-,18-,19-/m0/s1. The van der Waals surface area contributed by atoms with E-state index in [-0.39, 0.29) is 11.8 Å². The molecule has 0 saturated carbocycles. The van der Waals surface area contributed by atoms with E-state index < -0.39 is 23.3 Å². The van der Waals surface area contributed by atoms with E-state index in [0.29, 0.717) is 37.8 Å². The fourth-order valence-electron chi connectivity index (χ4n) is 4.36. The van der Waals surface area contributed by atoms with Crippen molar-refractivity contribution in [2.45, 2.75) is 49.4 Å². The van der Waals surface area contributed by atoms with Crippen LogP contribution in [0.3, 0.4) is 0 Å². The van der Waals surface area contributed by atoms with Crippen molar-refractivity contribution in [3.8, 4) is 0 Å². The number of nitrogens with zero attached hydrogens (tertiary/aromatic N) is 1. The molecule has 0 unspecified atom stereocenters. The molecule has 2 N–H and O–H groups in total. The first kappa shape index (κ1) is 20.5. The lowest BCUT2D eigenvalue weighted by Gasteiger charge is -2.36. The number of benzene rings is 2. The van der Waals surface area contributed by atoms with Gasteiger partial charge in [0.25, 0.3) is 0 Å². The maximum absolute atomic E-state index is 13.4. The molecule has 2 amide bonds. The monoisotopic (exact) mass is 424 g/mol. The number of para-hydroxylation sites is 1. The van der Waals surface area contributed by atoms with Crippen LogP contribution >= 0.6 is 12.6 Å². The van der Waals surface area contributed by atoms with Crippen molar-refractivity contribution in [3.63, 3.8) is 0 Å². The van der Waals surface area contributed by atoms with Gasteiger partial charge in [-0.25, -0.2) is 4.79 Å². The summed E-state index contributed by atoms with van der Waals surface area (Å²) in [5.41, 5.74) is 3.64. The summed E-state index contributed by atoms with van der Waals surface area (Å²) in [5, 5.41) is 11.9. The van der Waals surface area contributed by atoms with Gasteiger partial charge in [-0.2, -0.15) is 12.6 Å². The molecular weight excluding hydrogens is 400 g/mol. The summed E-state index contributed by atoms with van der Waals surface area (Å²) < 4.78 is 0. The van der Waals surface area contributed by atoms with Crippen LogP contribution in [0.5, 0.6) is 0 Å². The summed E-state index contributed by atoms with van der Waals surface area (Å²) in [5.74, 6) is -1.70. The first-order chi connectivity index (χ1) is 14.5. The lowest BCUT2D eigenvalue weighted by atomic mass is 9.92. The van der Waals surface area contributed by atoms with Gasteiger partial charge in [0, 0.05) is 0 Å². The van der Waals surface area contributed by atoms with Crippen LogP contribution in [0, 0.1) is 0 Å². The second-order valence-electron chi connectivity index (χ2n) is 7.83. The zero-order valence-electron chi connectivity index (χ0n) is 16.5. The van der Waals surface area contributed by atoms with E-state index in [1.165, 1.54) is 4.90 Å². The second kappa shape index (κ2) is 8.52. The van der Waals surface area contributed by atoms with E-state index in [1.54, 1.807) is 0 Å². The zero-order chi connectivity index (χ0) is 21.3. The quantitative estimate of drug-likeness (QED) is 0.644. The van der Waals surface area contributed by atoms with Crippen LogP contribution in [0.25, 0.3) is 0 Å².